The van der Waals surface area contributed by atoms with E-state index in [0.717, 1.165) is 0 Å². The van der Waals surface area contributed by atoms with Gasteiger partial charge in [-0.3, -0.25) is 0 Å². The molecule has 14 heteroatoms. The van der Waals surface area contributed by atoms with Crippen molar-refractivity contribution in [2.75, 3.05) is 0 Å². The van der Waals surface area contributed by atoms with E-state index in [1.165, 1.54) is 13.9 Å². The van der Waals surface area contributed by atoms with Gasteiger partial charge in [-0.05, 0) is 38.0 Å². The summed E-state index contributed by atoms with van der Waals surface area (Å²) in [5, 5.41) is 126. The summed E-state index contributed by atoms with van der Waals surface area (Å²) in [7, 11) is 2.96. The highest BCUT2D eigenvalue weighted by Gasteiger charge is 2.40. The third-order valence-corrected chi connectivity index (χ3v) is 11.1. The Morgan fingerprint density at radius 1 is 0.439 bits per heavy atom. The quantitative estimate of drug-likeness (QED) is 0.0387. The second-order valence-electron chi connectivity index (χ2n) is 14.1. The number of benzene rings is 6. The van der Waals surface area contributed by atoms with Crippen LogP contribution in [0.2, 0.25) is 0 Å². The molecule has 0 aliphatic heterocycles. The second-order valence-corrected chi connectivity index (χ2v) is 14.1. The standard InChI is InChI=1S/C43H30B2O12/c44-29-20-14-21(32(47)39(54)37(29)52)31(46)36(51)28-26-25(34(49)40(55)41(56)43(26)57-42(20)28)23-16-10-4-6-12-18(16)24(19-13-7-5-11-17(19)23)27-33(48)22(15-8-2-1-3-9-15)30(45)38(53)35(27)50/h1-14,21,46-56H,44-45H2. The van der Waals surface area contributed by atoms with Crippen molar-refractivity contribution in [3.63, 3.8) is 0 Å². The number of allylic oxidation sites excluding steroid dienone is 2. The monoisotopic (exact) mass is 760 g/mol. The molecule has 11 N–H and O–H groups in total. The zero-order chi connectivity index (χ0) is 40.3. The summed E-state index contributed by atoms with van der Waals surface area (Å²) in [5.41, 5.74) is 0.547. The minimum atomic E-state index is -1.56. The van der Waals surface area contributed by atoms with Crippen molar-refractivity contribution < 1.29 is 60.6 Å². The summed E-state index contributed by atoms with van der Waals surface area (Å²) in [5.74, 6) is -10.3. The number of phenolic OH excluding ortho intramolecular Hbond substituents is 6. The van der Waals surface area contributed by atoms with Gasteiger partial charge in [0.15, 0.2) is 45.9 Å². The maximum atomic E-state index is 12.1. The molecular weight excluding hydrogens is 730 g/mol. The highest BCUT2D eigenvalue weighted by molar-refractivity contribution is 6.40. The zero-order valence-electron chi connectivity index (χ0n) is 30.0. The molecule has 0 amide bonds. The first-order valence-electron chi connectivity index (χ1n) is 17.6. The molecule has 57 heavy (non-hydrogen) atoms. The van der Waals surface area contributed by atoms with Gasteiger partial charge in [-0.1, -0.05) is 84.9 Å². The van der Waals surface area contributed by atoms with Crippen LogP contribution in [-0.2, 0) is 0 Å². The van der Waals surface area contributed by atoms with Crippen molar-refractivity contribution in [1.29, 1.82) is 0 Å². The van der Waals surface area contributed by atoms with Gasteiger partial charge in [0.1, 0.15) is 38.9 Å². The molecule has 1 atom stereocenters. The Kier molecular flexibility index (Phi) is 7.45. The molecule has 7 aromatic rings. The maximum Gasteiger partial charge on any atom is 0.205 e. The molecular formula is C43H30B2O12. The lowest BCUT2D eigenvalue weighted by Crippen LogP contribution is -2.09. The van der Waals surface area contributed by atoms with Gasteiger partial charge in [0.2, 0.25) is 11.5 Å². The summed E-state index contributed by atoms with van der Waals surface area (Å²) in [6.45, 7) is 0. The number of phenols is 6. The third-order valence-electron chi connectivity index (χ3n) is 11.1. The smallest absolute Gasteiger partial charge is 0.205 e. The van der Waals surface area contributed by atoms with Crippen molar-refractivity contribution in [2.24, 2.45) is 5.92 Å². The van der Waals surface area contributed by atoms with E-state index < -0.39 is 69.0 Å². The average Bonchev–Trinajstić information content (AvgIpc) is 3.54. The first kappa shape index (κ1) is 35.0. The van der Waals surface area contributed by atoms with Crippen LogP contribution >= 0.6 is 0 Å². The normalized spacial score (nSPS) is 15.6. The Labute approximate surface area is 323 Å². The predicted molar refractivity (Wildman–Crippen MR) is 220 cm³/mol. The fraction of sp³-hybridized carbons (Fsp3) is 0.0233. The minimum Gasteiger partial charge on any atom is -0.507 e. The van der Waals surface area contributed by atoms with Gasteiger partial charge in [0, 0.05) is 33.2 Å². The Hall–Kier alpha value is -7.73. The maximum absolute atomic E-state index is 12.1. The molecule has 9 rings (SSSR count). The van der Waals surface area contributed by atoms with Crippen LogP contribution in [0.25, 0.3) is 77.2 Å². The van der Waals surface area contributed by atoms with Crippen LogP contribution < -0.4 is 5.46 Å². The number of hydrogen-bond acceptors (Lipinski definition) is 12. The first-order chi connectivity index (χ1) is 27.3. The molecule has 6 aromatic carbocycles. The Balaban J connectivity index is 1.47. The molecule has 12 nitrogen and oxygen atoms in total. The van der Waals surface area contributed by atoms with Crippen LogP contribution in [0.3, 0.4) is 0 Å². The minimum absolute atomic E-state index is 0.0105. The largest absolute Gasteiger partial charge is 0.507 e. The molecule has 2 aliphatic rings. The van der Waals surface area contributed by atoms with Gasteiger partial charge in [-0.2, -0.15) is 0 Å². The highest BCUT2D eigenvalue weighted by Crippen LogP contribution is 2.59. The van der Waals surface area contributed by atoms with E-state index >= 15 is 0 Å². The van der Waals surface area contributed by atoms with Crippen molar-refractivity contribution in [1.82, 2.24) is 0 Å². The van der Waals surface area contributed by atoms with Gasteiger partial charge < -0.3 is 60.6 Å². The Morgan fingerprint density at radius 2 is 0.947 bits per heavy atom. The lowest BCUT2D eigenvalue weighted by atomic mass is 9.79. The molecule has 0 spiro atoms. The number of furan rings is 1. The summed E-state index contributed by atoms with van der Waals surface area (Å²) in [6.07, 6.45) is 1.24. The predicted octanol–water partition coefficient (Wildman–Crippen LogP) is 6.77. The van der Waals surface area contributed by atoms with Crippen LogP contribution in [-0.4, -0.2) is 71.9 Å². The van der Waals surface area contributed by atoms with E-state index in [4.69, 9.17) is 4.42 Å². The SMILES string of the molecule is BC1=C(O)C(O)=C(O)C2C=C1c1oc3c(O)c(O)c(O)c(-c4c5ccccc5c(-c5c(O)c(O)c(B)c(-c6ccccc6)c5O)c5ccccc45)c3c1C(O)=C2O. The molecule has 280 valence electrons. The summed E-state index contributed by atoms with van der Waals surface area (Å²) >= 11 is 0. The molecule has 0 radical (unpaired) electrons. The van der Waals surface area contributed by atoms with E-state index in [1.807, 2.05) is 0 Å². The average molecular weight is 760 g/mol. The number of aliphatic hydroxyl groups excluding tert-OH is 5. The molecule has 2 bridgehead atoms. The van der Waals surface area contributed by atoms with Crippen LogP contribution in [0, 0.1) is 5.92 Å². The van der Waals surface area contributed by atoms with E-state index in [-0.39, 0.29) is 61.2 Å². The third kappa shape index (κ3) is 4.58. The van der Waals surface area contributed by atoms with Crippen LogP contribution in [0.5, 0.6) is 34.5 Å². The zero-order valence-corrected chi connectivity index (χ0v) is 30.0. The second kappa shape index (κ2) is 12.1. The van der Waals surface area contributed by atoms with Crippen molar-refractivity contribution in [2.45, 2.75) is 0 Å². The topological polar surface area (TPSA) is 236 Å². The number of rotatable bonds is 3. The van der Waals surface area contributed by atoms with Crippen molar-refractivity contribution >= 4 is 65.0 Å². The van der Waals surface area contributed by atoms with E-state index in [9.17, 15) is 56.2 Å². The van der Waals surface area contributed by atoms with E-state index in [1.54, 1.807) is 86.7 Å². The number of aliphatic hydroxyl groups is 5. The summed E-state index contributed by atoms with van der Waals surface area (Å²) in [4.78, 5) is 0. The molecule has 0 saturated carbocycles. The lowest BCUT2D eigenvalue weighted by Gasteiger charge is -2.22. The number of fused-ring (bicyclic) bond motifs is 7. The van der Waals surface area contributed by atoms with Gasteiger partial charge in [0.25, 0.3) is 0 Å². The van der Waals surface area contributed by atoms with Gasteiger partial charge >= 0.3 is 0 Å². The number of aromatic hydroxyl groups is 6. The van der Waals surface area contributed by atoms with Crippen LogP contribution in [0.4, 0.5) is 0 Å². The van der Waals surface area contributed by atoms with Crippen molar-refractivity contribution in [3.8, 4) is 67.9 Å². The van der Waals surface area contributed by atoms with Gasteiger partial charge in [-0.25, -0.2) is 0 Å². The molecule has 0 fully saturated rings. The fourth-order valence-electron chi connectivity index (χ4n) is 8.32. The fourth-order valence-corrected chi connectivity index (χ4v) is 8.32. The molecule has 0 saturated heterocycles. The van der Waals surface area contributed by atoms with Gasteiger partial charge in [-0.15, -0.1) is 0 Å². The Morgan fingerprint density at radius 3 is 1.53 bits per heavy atom. The number of hydrogen-bond donors (Lipinski definition) is 11. The van der Waals surface area contributed by atoms with E-state index in [0.29, 0.717) is 32.7 Å². The molecule has 2 aliphatic carbocycles. The van der Waals surface area contributed by atoms with Gasteiger partial charge in [0.05, 0.1) is 11.1 Å². The van der Waals surface area contributed by atoms with Crippen molar-refractivity contribution in [3.05, 3.63) is 125 Å². The molecule has 1 aromatic heterocycles. The van der Waals surface area contributed by atoms with E-state index in [2.05, 4.69) is 0 Å². The summed E-state index contributed by atoms with van der Waals surface area (Å²) < 4.78 is 6.16. The first-order valence-corrected chi connectivity index (χ1v) is 17.6. The van der Waals surface area contributed by atoms with Crippen LogP contribution in [0.1, 0.15) is 11.3 Å². The molecule has 1 unspecified atom stereocenters. The highest BCUT2D eigenvalue weighted by atomic mass is 16.4. The lowest BCUT2D eigenvalue weighted by molar-refractivity contribution is 0.247. The molecule has 1 heterocycles. The Bertz CT molecular complexity index is 3040. The summed E-state index contributed by atoms with van der Waals surface area (Å²) in [6, 6.07) is 22.4. The van der Waals surface area contributed by atoms with Crippen LogP contribution in [0.15, 0.2) is 118 Å².